The minimum atomic E-state index is -0.493. The number of carbonyl (C=O) groups is 1. The molecule has 3 aliphatic heterocycles. The molecule has 7 rings (SSSR count). The number of ether oxygens (including phenoxy) is 1. The van der Waals surface area contributed by atoms with Crippen LogP contribution in [-0.2, 0) is 21.5 Å². The first-order chi connectivity index (χ1) is 17.2. The summed E-state index contributed by atoms with van der Waals surface area (Å²) in [6, 6.07) is 20.2. The van der Waals surface area contributed by atoms with Gasteiger partial charge in [-0.15, -0.1) is 10.2 Å². The van der Waals surface area contributed by atoms with Gasteiger partial charge in [-0.3, -0.25) is 4.79 Å². The van der Waals surface area contributed by atoms with Gasteiger partial charge in [-0.1, -0.05) is 67.8 Å². The zero-order chi connectivity index (χ0) is 23.7. The van der Waals surface area contributed by atoms with E-state index in [-0.39, 0.29) is 24.5 Å². The summed E-state index contributed by atoms with van der Waals surface area (Å²) >= 11 is 0. The molecule has 1 aromatic heterocycles. The third kappa shape index (κ3) is 4.69. The smallest absolute Gasteiger partial charge is 0.317 e. The molecule has 0 N–H and O–H groups in total. The number of esters is 1. The van der Waals surface area contributed by atoms with Gasteiger partial charge < -0.3 is 26.0 Å². The van der Waals surface area contributed by atoms with Crippen molar-refractivity contribution in [2.24, 2.45) is 5.92 Å². The average molecular weight is 508 g/mol. The number of hydrogen-bond acceptors (Lipinski definition) is 5. The first-order valence-corrected chi connectivity index (χ1v) is 13.2. The summed E-state index contributed by atoms with van der Waals surface area (Å²) in [7, 11) is 0. The molecule has 1 saturated carbocycles. The molecular weight excluding hydrogens is 474 g/mol. The highest BCUT2D eigenvalue weighted by Gasteiger charge is 2.51. The number of carbonyl (C=O) groups excluding carboxylic acids is 1. The van der Waals surface area contributed by atoms with E-state index in [1.54, 1.807) is 0 Å². The quantitative estimate of drug-likeness (QED) is 0.378. The summed E-state index contributed by atoms with van der Waals surface area (Å²) in [6.45, 7) is 3.69. The fraction of sp³-hybridized carbons (Fsp3) is 0.483. The van der Waals surface area contributed by atoms with E-state index in [2.05, 4.69) is 22.3 Å². The number of aromatic nitrogens is 2. The molecule has 0 unspecified atom stereocenters. The summed E-state index contributed by atoms with van der Waals surface area (Å²) in [5, 5.41) is 8.66. The summed E-state index contributed by atoms with van der Waals surface area (Å²) in [4.78, 5) is 13.8. The second-order valence-corrected chi connectivity index (χ2v) is 10.8. The molecule has 1 atom stereocenters. The van der Waals surface area contributed by atoms with E-state index in [4.69, 9.17) is 9.15 Å². The molecule has 2 bridgehead atoms. The van der Waals surface area contributed by atoms with Crippen LogP contribution in [-0.4, -0.2) is 46.4 Å². The third-order valence-electron chi connectivity index (χ3n) is 8.68. The van der Waals surface area contributed by atoms with Crippen LogP contribution in [0.4, 0.5) is 0 Å². The standard InChI is InChI=1S/C29H34N3O3.ClH/c33-28(29(16-8-3-9-17-29)24-12-6-2-7-13-24)34-25-20-32(18-14-22(25)15-19-32)21-26-30-31-27(35-26)23-10-4-1-5-11-23;/h1-2,4-7,10-13,22,25H,3,8-9,14-21H2;1H/q+1;/p-1/t22?,25-,32?;/m0./s1. The summed E-state index contributed by atoms with van der Waals surface area (Å²) < 4.78 is 13.4. The lowest BCUT2D eigenvalue weighted by Crippen LogP contribution is -3.00. The summed E-state index contributed by atoms with van der Waals surface area (Å²) in [5.41, 5.74) is 1.57. The molecule has 3 aromatic rings. The molecule has 3 saturated heterocycles. The molecule has 7 heteroatoms. The van der Waals surface area contributed by atoms with Gasteiger partial charge >= 0.3 is 5.97 Å². The lowest BCUT2D eigenvalue weighted by Gasteiger charge is -2.52. The lowest BCUT2D eigenvalue weighted by atomic mass is 9.69. The Hall–Kier alpha value is -2.70. The van der Waals surface area contributed by atoms with Gasteiger partial charge in [-0.05, 0) is 30.5 Å². The Kier molecular flexibility index (Phi) is 7.18. The largest absolute Gasteiger partial charge is 1.00 e. The summed E-state index contributed by atoms with van der Waals surface area (Å²) in [5.74, 6) is 1.68. The monoisotopic (exact) mass is 507 g/mol. The first kappa shape index (κ1) is 25.0. The van der Waals surface area contributed by atoms with Crippen LogP contribution in [0.3, 0.4) is 0 Å². The van der Waals surface area contributed by atoms with Crippen molar-refractivity contribution in [3.63, 3.8) is 0 Å². The minimum absolute atomic E-state index is 0. The topological polar surface area (TPSA) is 65.2 Å². The van der Waals surface area contributed by atoms with Crippen molar-refractivity contribution in [1.82, 2.24) is 10.2 Å². The second kappa shape index (κ2) is 10.3. The van der Waals surface area contributed by atoms with Gasteiger partial charge in [-0.2, -0.15) is 0 Å². The van der Waals surface area contributed by atoms with Gasteiger partial charge in [0, 0.05) is 24.3 Å². The molecule has 4 heterocycles. The normalized spacial score (nSPS) is 26.7. The first-order valence-electron chi connectivity index (χ1n) is 13.2. The number of benzene rings is 2. The fourth-order valence-electron chi connectivity index (χ4n) is 6.65. The van der Waals surface area contributed by atoms with Crippen molar-refractivity contribution in [3.05, 3.63) is 72.1 Å². The van der Waals surface area contributed by atoms with Crippen molar-refractivity contribution in [2.75, 3.05) is 19.6 Å². The van der Waals surface area contributed by atoms with Crippen LogP contribution in [0.25, 0.3) is 11.5 Å². The number of rotatable bonds is 6. The molecule has 0 spiro atoms. The van der Waals surface area contributed by atoms with E-state index in [1.807, 2.05) is 48.5 Å². The van der Waals surface area contributed by atoms with Crippen molar-refractivity contribution in [3.8, 4) is 11.5 Å². The molecule has 190 valence electrons. The molecule has 4 aliphatic rings. The van der Waals surface area contributed by atoms with Gasteiger partial charge in [0.05, 0.1) is 18.5 Å². The molecule has 0 radical (unpaired) electrons. The highest BCUT2D eigenvalue weighted by Crippen LogP contribution is 2.43. The van der Waals surface area contributed by atoms with Crippen LogP contribution < -0.4 is 12.4 Å². The minimum Gasteiger partial charge on any atom is -1.00 e. The predicted octanol–water partition coefficient (Wildman–Crippen LogP) is 2.29. The maximum absolute atomic E-state index is 13.8. The zero-order valence-corrected chi connectivity index (χ0v) is 21.4. The van der Waals surface area contributed by atoms with Gasteiger partial charge in [0.15, 0.2) is 12.6 Å². The van der Waals surface area contributed by atoms with Crippen molar-refractivity contribution < 1.29 is 30.8 Å². The predicted molar refractivity (Wildman–Crippen MR) is 132 cm³/mol. The van der Waals surface area contributed by atoms with Crippen molar-refractivity contribution >= 4 is 5.97 Å². The SMILES string of the molecule is O=C(O[C@H]1C[N+]2(Cc3nnc(-c4ccccc4)o3)CCC1CC2)C1(c2ccccc2)CCCCC1.[Cl-]. The Morgan fingerprint density at radius 3 is 2.31 bits per heavy atom. The van der Waals surface area contributed by atoms with Crippen LogP contribution in [0.5, 0.6) is 0 Å². The molecule has 4 fully saturated rings. The highest BCUT2D eigenvalue weighted by molar-refractivity contribution is 5.83. The molecular formula is C29H34ClN3O3. The van der Waals surface area contributed by atoms with Crippen LogP contribution in [0.15, 0.2) is 65.1 Å². The van der Waals surface area contributed by atoms with E-state index in [9.17, 15) is 4.79 Å². The molecule has 2 aromatic carbocycles. The van der Waals surface area contributed by atoms with E-state index in [0.717, 1.165) is 73.8 Å². The van der Waals surface area contributed by atoms with Gasteiger partial charge in [-0.25, -0.2) is 0 Å². The Balaban J connectivity index is 0.00000267. The third-order valence-corrected chi connectivity index (χ3v) is 8.68. The Labute approximate surface area is 219 Å². The lowest BCUT2D eigenvalue weighted by molar-refractivity contribution is -0.959. The fourth-order valence-corrected chi connectivity index (χ4v) is 6.65. The van der Waals surface area contributed by atoms with Gasteiger partial charge in [0.1, 0.15) is 6.54 Å². The number of piperidine rings is 3. The summed E-state index contributed by atoms with van der Waals surface area (Å²) in [6.07, 6.45) is 7.26. The molecule has 1 aliphatic carbocycles. The zero-order valence-electron chi connectivity index (χ0n) is 20.7. The molecule has 36 heavy (non-hydrogen) atoms. The highest BCUT2D eigenvalue weighted by atomic mass is 35.5. The van der Waals surface area contributed by atoms with Crippen LogP contribution >= 0.6 is 0 Å². The number of hydrogen-bond donors (Lipinski definition) is 0. The van der Waals surface area contributed by atoms with Crippen LogP contribution in [0.2, 0.25) is 0 Å². The Bertz CT molecular complexity index is 1150. The second-order valence-electron chi connectivity index (χ2n) is 10.8. The number of halogens is 1. The van der Waals surface area contributed by atoms with Gasteiger partial charge in [0.2, 0.25) is 5.89 Å². The van der Waals surface area contributed by atoms with E-state index in [0.29, 0.717) is 24.2 Å². The molecule has 6 nitrogen and oxygen atoms in total. The van der Waals surface area contributed by atoms with E-state index in [1.165, 1.54) is 6.42 Å². The van der Waals surface area contributed by atoms with E-state index < -0.39 is 5.41 Å². The Morgan fingerprint density at radius 2 is 1.61 bits per heavy atom. The van der Waals surface area contributed by atoms with Crippen molar-refractivity contribution in [1.29, 1.82) is 0 Å². The van der Waals surface area contributed by atoms with Crippen molar-refractivity contribution in [2.45, 2.75) is 63.0 Å². The Morgan fingerprint density at radius 1 is 0.944 bits per heavy atom. The van der Waals surface area contributed by atoms with E-state index >= 15 is 0 Å². The maximum atomic E-state index is 13.8. The van der Waals surface area contributed by atoms with Crippen LogP contribution in [0, 0.1) is 5.92 Å². The van der Waals surface area contributed by atoms with Gasteiger partial charge in [0.25, 0.3) is 5.89 Å². The average Bonchev–Trinajstić information content (AvgIpc) is 3.38. The van der Waals surface area contributed by atoms with Crippen LogP contribution in [0.1, 0.15) is 56.4 Å². The number of fused-ring (bicyclic) bond motifs is 3. The molecule has 0 amide bonds. The number of nitrogens with zero attached hydrogens (tertiary/aromatic N) is 3. The number of quaternary nitrogens is 1. The maximum Gasteiger partial charge on any atom is 0.317 e.